The van der Waals surface area contributed by atoms with Crippen molar-refractivity contribution in [2.24, 2.45) is 0 Å². The first-order chi connectivity index (χ1) is 18.3. The second kappa shape index (κ2) is 11.2. The maximum Gasteiger partial charge on any atom is 0.410 e. The van der Waals surface area contributed by atoms with Gasteiger partial charge in [0.1, 0.15) is 6.61 Å². The van der Waals surface area contributed by atoms with Crippen LogP contribution in [0.5, 0.6) is 0 Å². The number of halogens is 2. The van der Waals surface area contributed by atoms with E-state index in [1.165, 1.54) is 0 Å². The molecule has 0 bridgehead atoms. The van der Waals surface area contributed by atoms with Crippen LogP contribution in [0.3, 0.4) is 0 Å². The molecule has 5 rings (SSSR count). The van der Waals surface area contributed by atoms with Crippen molar-refractivity contribution < 1.29 is 14.3 Å². The fraction of sp³-hybridized carbons (Fsp3) is 0.310. The van der Waals surface area contributed by atoms with Gasteiger partial charge in [-0.1, -0.05) is 53.5 Å². The van der Waals surface area contributed by atoms with Crippen LogP contribution in [-0.4, -0.2) is 52.4 Å². The Kier molecular flexibility index (Phi) is 7.79. The third kappa shape index (κ3) is 5.46. The summed E-state index contributed by atoms with van der Waals surface area (Å²) in [5, 5.41) is 9.58. The molecule has 1 fully saturated rings. The standard InChI is InChI=1S/C29H30Cl2N4O3/c1-4-37-27-16-34(29(36)38-17-20-8-6-5-7-9-20)15-25(27)32-24-13-19(3)33-35-26(24)12-18(2)28(35)22-11-10-21(30)14-23(22)31/h5-14,25,27,32H,4,15-17H2,1-3H3/t25-,27+/m1/s1. The molecule has 1 aliphatic heterocycles. The number of nitrogens with one attached hydrogen (secondary N) is 1. The van der Waals surface area contributed by atoms with E-state index in [-0.39, 0.29) is 24.8 Å². The van der Waals surface area contributed by atoms with E-state index < -0.39 is 0 Å². The van der Waals surface area contributed by atoms with Crippen LogP contribution in [0.1, 0.15) is 23.7 Å². The number of aryl methyl sites for hydroxylation is 2. The zero-order chi connectivity index (χ0) is 26.8. The molecule has 0 aliphatic carbocycles. The average Bonchev–Trinajstić information content (AvgIpc) is 3.44. The van der Waals surface area contributed by atoms with E-state index in [0.29, 0.717) is 29.7 Å². The van der Waals surface area contributed by atoms with Crippen molar-refractivity contribution in [2.45, 2.75) is 39.5 Å². The number of benzene rings is 2. The summed E-state index contributed by atoms with van der Waals surface area (Å²) in [5.74, 6) is 0. The van der Waals surface area contributed by atoms with Gasteiger partial charge in [-0.2, -0.15) is 5.10 Å². The number of amides is 1. The van der Waals surface area contributed by atoms with E-state index in [0.717, 1.165) is 39.3 Å². The molecule has 3 heterocycles. The number of nitrogens with zero attached hydrogens (tertiary/aromatic N) is 3. The molecule has 0 radical (unpaired) electrons. The van der Waals surface area contributed by atoms with Crippen LogP contribution in [0.4, 0.5) is 10.5 Å². The predicted octanol–water partition coefficient (Wildman–Crippen LogP) is 6.76. The van der Waals surface area contributed by atoms with Crippen molar-refractivity contribution in [3.8, 4) is 11.3 Å². The molecule has 198 valence electrons. The van der Waals surface area contributed by atoms with Crippen molar-refractivity contribution in [1.29, 1.82) is 0 Å². The first kappa shape index (κ1) is 26.4. The number of hydrogen-bond donors (Lipinski definition) is 1. The Morgan fingerprint density at radius 1 is 1.08 bits per heavy atom. The fourth-order valence-corrected chi connectivity index (χ4v) is 5.46. The monoisotopic (exact) mass is 552 g/mol. The normalized spacial score (nSPS) is 17.2. The predicted molar refractivity (Wildman–Crippen MR) is 151 cm³/mol. The topological polar surface area (TPSA) is 68.1 Å². The van der Waals surface area contributed by atoms with Gasteiger partial charge >= 0.3 is 6.09 Å². The van der Waals surface area contributed by atoms with Gasteiger partial charge in [0.2, 0.25) is 0 Å². The molecule has 38 heavy (non-hydrogen) atoms. The molecule has 1 saturated heterocycles. The summed E-state index contributed by atoms with van der Waals surface area (Å²) in [6.45, 7) is 7.64. The number of rotatable bonds is 7. The number of hydrogen-bond acceptors (Lipinski definition) is 5. The number of ether oxygens (including phenoxy) is 2. The summed E-state index contributed by atoms with van der Waals surface area (Å²) < 4.78 is 13.5. The average molecular weight is 553 g/mol. The molecule has 0 spiro atoms. The largest absolute Gasteiger partial charge is 0.445 e. The van der Waals surface area contributed by atoms with Crippen LogP contribution in [0, 0.1) is 13.8 Å². The number of fused-ring (bicyclic) bond motifs is 1. The zero-order valence-electron chi connectivity index (χ0n) is 21.6. The molecule has 1 amide bonds. The summed E-state index contributed by atoms with van der Waals surface area (Å²) in [4.78, 5) is 14.6. The SMILES string of the molecule is CCO[C@H]1CN(C(=O)OCc2ccccc2)C[C@H]1Nc1cc(C)nn2c(-c3ccc(Cl)cc3Cl)c(C)cc12. The van der Waals surface area contributed by atoms with Crippen LogP contribution < -0.4 is 5.32 Å². The molecule has 9 heteroatoms. The summed E-state index contributed by atoms with van der Waals surface area (Å²) in [6.07, 6.45) is -0.531. The van der Waals surface area contributed by atoms with Gasteiger partial charge in [-0.3, -0.25) is 0 Å². The number of aromatic nitrogens is 2. The minimum atomic E-state index is -0.350. The minimum absolute atomic E-state index is 0.123. The van der Waals surface area contributed by atoms with Crippen molar-refractivity contribution in [3.63, 3.8) is 0 Å². The van der Waals surface area contributed by atoms with Crippen LogP contribution in [-0.2, 0) is 16.1 Å². The number of likely N-dealkylation sites (tertiary alicyclic amines) is 1. The maximum absolute atomic E-state index is 12.9. The minimum Gasteiger partial charge on any atom is -0.445 e. The summed E-state index contributed by atoms with van der Waals surface area (Å²) >= 11 is 12.7. The van der Waals surface area contributed by atoms with Gasteiger partial charge in [-0.25, -0.2) is 9.31 Å². The molecule has 2 aromatic heterocycles. The van der Waals surface area contributed by atoms with Crippen LogP contribution >= 0.6 is 23.2 Å². The van der Waals surface area contributed by atoms with Gasteiger partial charge in [0, 0.05) is 23.7 Å². The summed E-state index contributed by atoms with van der Waals surface area (Å²) in [5.41, 5.74) is 6.41. The Hall–Kier alpha value is -3.26. The Labute approximate surface area is 232 Å². The van der Waals surface area contributed by atoms with Crippen molar-refractivity contribution >= 4 is 40.5 Å². The van der Waals surface area contributed by atoms with Gasteiger partial charge in [0.05, 0.1) is 46.3 Å². The van der Waals surface area contributed by atoms with E-state index >= 15 is 0 Å². The molecule has 0 saturated carbocycles. The van der Waals surface area contributed by atoms with Gasteiger partial charge in [-0.15, -0.1) is 0 Å². The second-order valence-corrected chi connectivity index (χ2v) is 10.3. The lowest BCUT2D eigenvalue weighted by atomic mass is 10.1. The van der Waals surface area contributed by atoms with Crippen LogP contribution in [0.2, 0.25) is 10.0 Å². The summed E-state index contributed by atoms with van der Waals surface area (Å²) in [7, 11) is 0. The maximum atomic E-state index is 12.9. The number of anilines is 1. The van der Waals surface area contributed by atoms with E-state index in [1.54, 1.807) is 11.0 Å². The molecular weight excluding hydrogens is 523 g/mol. The van der Waals surface area contributed by atoms with Crippen LogP contribution in [0.25, 0.3) is 16.8 Å². The van der Waals surface area contributed by atoms with E-state index in [4.69, 9.17) is 37.8 Å². The molecule has 2 atom stereocenters. The highest BCUT2D eigenvalue weighted by molar-refractivity contribution is 6.36. The molecule has 7 nitrogen and oxygen atoms in total. The molecule has 0 unspecified atom stereocenters. The highest BCUT2D eigenvalue weighted by atomic mass is 35.5. The molecule has 4 aromatic rings. The van der Waals surface area contributed by atoms with Crippen molar-refractivity contribution in [3.05, 3.63) is 87.5 Å². The van der Waals surface area contributed by atoms with E-state index in [2.05, 4.69) is 11.4 Å². The van der Waals surface area contributed by atoms with E-state index in [1.807, 2.05) is 73.8 Å². The third-order valence-electron chi connectivity index (χ3n) is 6.69. The zero-order valence-corrected chi connectivity index (χ0v) is 23.1. The van der Waals surface area contributed by atoms with Crippen LogP contribution in [0.15, 0.2) is 60.7 Å². The van der Waals surface area contributed by atoms with Crippen molar-refractivity contribution in [1.82, 2.24) is 14.5 Å². The van der Waals surface area contributed by atoms with Gasteiger partial charge in [0.15, 0.2) is 0 Å². The number of carbonyl (C=O) groups excluding carboxylic acids is 1. The first-order valence-corrected chi connectivity index (χ1v) is 13.4. The molecule has 2 aromatic carbocycles. The quantitative estimate of drug-likeness (QED) is 0.274. The van der Waals surface area contributed by atoms with Gasteiger partial charge < -0.3 is 19.7 Å². The highest BCUT2D eigenvalue weighted by Gasteiger charge is 2.37. The lowest BCUT2D eigenvalue weighted by Crippen LogP contribution is -2.34. The molecular formula is C29H30Cl2N4O3. The Bertz CT molecular complexity index is 1460. The van der Waals surface area contributed by atoms with Crippen molar-refractivity contribution in [2.75, 3.05) is 25.0 Å². The van der Waals surface area contributed by atoms with Gasteiger partial charge in [-0.05, 0) is 62.2 Å². The Morgan fingerprint density at radius 3 is 2.61 bits per heavy atom. The lowest BCUT2D eigenvalue weighted by Gasteiger charge is -2.21. The number of carbonyl (C=O) groups is 1. The lowest BCUT2D eigenvalue weighted by molar-refractivity contribution is 0.0580. The molecule has 1 aliphatic rings. The second-order valence-electron chi connectivity index (χ2n) is 9.49. The fourth-order valence-electron chi connectivity index (χ4n) is 4.97. The Morgan fingerprint density at radius 2 is 1.87 bits per heavy atom. The van der Waals surface area contributed by atoms with Gasteiger partial charge in [0.25, 0.3) is 0 Å². The van der Waals surface area contributed by atoms with E-state index in [9.17, 15) is 4.79 Å². The highest BCUT2D eigenvalue weighted by Crippen LogP contribution is 2.36. The third-order valence-corrected chi connectivity index (χ3v) is 7.24. The summed E-state index contributed by atoms with van der Waals surface area (Å²) in [6, 6.07) is 19.1. The first-order valence-electron chi connectivity index (χ1n) is 12.6. The molecule has 1 N–H and O–H groups in total. The Balaban J connectivity index is 1.40. The smallest absolute Gasteiger partial charge is 0.410 e.